The SMILES string of the molecule is [U+2].[c-]1ccccc1-c1[c-]ccc(-c2ccn3c(c2)nc2c4ccccc4c4cc(-c5ccc(-c6ccccc6)cn5)ccc4c23)c1. The standard InChI is InChI=1S/C42H25N3.U/c1-3-10-28(11-4-1)30-14-9-15-31(24-30)32-22-23-45-40(26-32)44-41-36-17-8-7-16-35(36)38-25-33(18-20-37(38)42(41)45)39-21-19-34(27-43-39)29-12-5-2-6-13-29;/h1-10,12-13,15-27H;/q-2;+2. The Morgan fingerprint density at radius 3 is 2.11 bits per heavy atom. The second-order valence-corrected chi connectivity index (χ2v) is 11.3. The molecule has 0 N–H and O–H groups in total. The van der Waals surface area contributed by atoms with Crippen LogP contribution in [0.15, 0.2) is 152 Å². The maximum atomic E-state index is 5.22. The average Bonchev–Trinajstić information content (AvgIpc) is 3.52. The van der Waals surface area contributed by atoms with Crippen LogP contribution in [0.5, 0.6) is 0 Å². The monoisotopic (exact) mass is 809 g/mol. The first-order valence-corrected chi connectivity index (χ1v) is 15.1. The van der Waals surface area contributed by atoms with E-state index in [1.165, 1.54) is 21.7 Å². The summed E-state index contributed by atoms with van der Waals surface area (Å²) in [6.07, 6.45) is 4.11. The second kappa shape index (κ2) is 11.7. The molecule has 6 aromatic carbocycles. The predicted molar refractivity (Wildman–Crippen MR) is 185 cm³/mol. The van der Waals surface area contributed by atoms with E-state index in [9.17, 15) is 0 Å². The molecular weight excluding hydrogens is 785 g/mol. The van der Waals surface area contributed by atoms with Gasteiger partial charge < -0.3 is 0 Å². The molecule has 3 aromatic heterocycles. The van der Waals surface area contributed by atoms with E-state index >= 15 is 0 Å². The molecule has 0 fully saturated rings. The largest absolute Gasteiger partial charge is 2.00 e. The maximum Gasteiger partial charge on any atom is 2.00 e. The molecule has 0 saturated heterocycles. The summed E-state index contributed by atoms with van der Waals surface area (Å²) in [5.41, 5.74) is 11.7. The van der Waals surface area contributed by atoms with Gasteiger partial charge in [-0.2, -0.15) is 42.5 Å². The van der Waals surface area contributed by atoms with Gasteiger partial charge in [0.2, 0.25) is 0 Å². The third kappa shape index (κ3) is 4.83. The molecule has 4 heteroatoms. The Morgan fingerprint density at radius 2 is 1.28 bits per heavy atom. The Labute approximate surface area is 290 Å². The summed E-state index contributed by atoms with van der Waals surface area (Å²) in [5.74, 6) is 0. The normalized spacial score (nSPS) is 11.3. The van der Waals surface area contributed by atoms with Gasteiger partial charge in [0.1, 0.15) is 5.65 Å². The van der Waals surface area contributed by atoms with Crippen LogP contribution >= 0.6 is 0 Å². The van der Waals surface area contributed by atoms with Crippen LogP contribution in [0.4, 0.5) is 0 Å². The molecule has 0 atom stereocenters. The molecule has 0 amide bonds. The van der Waals surface area contributed by atoms with Crippen molar-refractivity contribution in [3.8, 4) is 44.6 Å². The number of imidazole rings is 1. The summed E-state index contributed by atoms with van der Waals surface area (Å²) >= 11 is 0. The minimum absolute atomic E-state index is 0. The van der Waals surface area contributed by atoms with Crippen molar-refractivity contribution in [2.24, 2.45) is 0 Å². The van der Waals surface area contributed by atoms with Crippen LogP contribution in [0.25, 0.3) is 82.9 Å². The van der Waals surface area contributed by atoms with Gasteiger partial charge in [-0.15, -0.1) is 17.7 Å². The number of aromatic nitrogens is 3. The number of hydrogen-bond donors (Lipinski definition) is 0. The summed E-state index contributed by atoms with van der Waals surface area (Å²) in [6.45, 7) is 0. The molecule has 3 nitrogen and oxygen atoms in total. The molecule has 0 spiro atoms. The maximum absolute atomic E-state index is 5.22. The van der Waals surface area contributed by atoms with Crippen LogP contribution in [0.3, 0.4) is 0 Å². The summed E-state index contributed by atoms with van der Waals surface area (Å²) in [6, 6.07) is 55.2. The zero-order valence-electron chi connectivity index (χ0n) is 24.8. The molecule has 0 aliphatic rings. The van der Waals surface area contributed by atoms with Gasteiger partial charge in [-0.05, 0) is 46.2 Å². The summed E-state index contributed by atoms with van der Waals surface area (Å²) in [7, 11) is 0. The molecule has 0 bridgehead atoms. The average molecular weight is 810 g/mol. The van der Waals surface area contributed by atoms with Gasteiger partial charge in [0.15, 0.2) is 0 Å². The Morgan fingerprint density at radius 1 is 0.500 bits per heavy atom. The molecule has 0 aliphatic heterocycles. The van der Waals surface area contributed by atoms with E-state index in [0.29, 0.717) is 0 Å². The van der Waals surface area contributed by atoms with Gasteiger partial charge in [-0.25, -0.2) is 16.1 Å². The Balaban J connectivity index is 0.00000312. The van der Waals surface area contributed by atoms with E-state index in [2.05, 4.69) is 132 Å². The molecule has 0 aliphatic carbocycles. The van der Waals surface area contributed by atoms with Gasteiger partial charge in [0.25, 0.3) is 0 Å². The van der Waals surface area contributed by atoms with Crippen molar-refractivity contribution in [1.29, 1.82) is 0 Å². The van der Waals surface area contributed by atoms with Crippen molar-refractivity contribution in [3.63, 3.8) is 0 Å². The van der Waals surface area contributed by atoms with Crippen molar-refractivity contribution < 1.29 is 31.1 Å². The topological polar surface area (TPSA) is 30.2 Å². The van der Waals surface area contributed by atoms with Crippen LogP contribution in [0.2, 0.25) is 0 Å². The quantitative estimate of drug-likeness (QED) is 0.131. The minimum atomic E-state index is 0. The summed E-state index contributed by atoms with van der Waals surface area (Å²) in [4.78, 5) is 10.1. The van der Waals surface area contributed by atoms with E-state index in [0.717, 1.165) is 61.1 Å². The molecule has 0 unspecified atom stereocenters. The summed E-state index contributed by atoms with van der Waals surface area (Å²) in [5, 5.41) is 4.70. The number of nitrogens with zero attached hydrogens (tertiary/aromatic N) is 3. The van der Waals surface area contributed by atoms with E-state index < -0.39 is 0 Å². The van der Waals surface area contributed by atoms with E-state index in [4.69, 9.17) is 9.97 Å². The van der Waals surface area contributed by atoms with E-state index in [-0.39, 0.29) is 31.1 Å². The van der Waals surface area contributed by atoms with Crippen molar-refractivity contribution in [2.45, 2.75) is 0 Å². The number of fused-ring (bicyclic) bond motifs is 8. The zero-order chi connectivity index (χ0) is 29.7. The fourth-order valence-electron chi connectivity index (χ4n) is 6.46. The van der Waals surface area contributed by atoms with Gasteiger partial charge in [0, 0.05) is 34.3 Å². The number of pyridine rings is 2. The smallest absolute Gasteiger partial charge is 0.299 e. The number of benzene rings is 6. The molecule has 212 valence electrons. The molecule has 46 heavy (non-hydrogen) atoms. The van der Waals surface area contributed by atoms with Crippen molar-refractivity contribution in [2.75, 3.05) is 0 Å². The minimum Gasteiger partial charge on any atom is -0.299 e. The molecular formula is C42H25N3U. The molecule has 0 radical (unpaired) electrons. The Hall–Kier alpha value is -5.01. The van der Waals surface area contributed by atoms with Gasteiger partial charge in [-0.1, -0.05) is 72.8 Å². The van der Waals surface area contributed by atoms with Crippen LogP contribution < -0.4 is 0 Å². The first-order chi connectivity index (χ1) is 22.3. The van der Waals surface area contributed by atoms with Gasteiger partial charge in [-0.3, -0.25) is 9.38 Å². The summed E-state index contributed by atoms with van der Waals surface area (Å²) < 4.78 is 2.22. The van der Waals surface area contributed by atoms with E-state index in [1.54, 1.807) is 0 Å². The first-order valence-electron chi connectivity index (χ1n) is 15.1. The molecule has 3 heterocycles. The second-order valence-electron chi connectivity index (χ2n) is 11.3. The van der Waals surface area contributed by atoms with Crippen LogP contribution in [-0.4, -0.2) is 14.4 Å². The zero-order valence-corrected chi connectivity index (χ0v) is 28.9. The fraction of sp³-hybridized carbons (Fsp3) is 0. The van der Waals surface area contributed by atoms with Gasteiger partial charge in [0.05, 0.1) is 16.7 Å². The Bertz CT molecular complexity index is 2520. The molecule has 0 saturated carbocycles. The molecule has 9 rings (SSSR count). The first kappa shape index (κ1) is 28.5. The Kier molecular flexibility index (Phi) is 7.26. The third-order valence-corrected chi connectivity index (χ3v) is 8.67. The van der Waals surface area contributed by atoms with E-state index in [1.807, 2.05) is 36.5 Å². The molecule has 9 aromatic rings. The van der Waals surface area contributed by atoms with Crippen LogP contribution in [0, 0.1) is 43.2 Å². The number of rotatable bonds is 4. The van der Waals surface area contributed by atoms with Gasteiger partial charge >= 0.3 is 31.1 Å². The number of hydrogen-bond acceptors (Lipinski definition) is 2. The van der Waals surface area contributed by atoms with Crippen molar-refractivity contribution in [3.05, 3.63) is 164 Å². The van der Waals surface area contributed by atoms with Crippen LogP contribution in [-0.2, 0) is 0 Å². The van der Waals surface area contributed by atoms with Crippen LogP contribution in [0.1, 0.15) is 0 Å². The van der Waals surface area contributed by atoms with Crippen molar-refractivity contribution in [1.82, 2.24) is 14.4 Å². The third-order valence-electron chi connectivity index (χ3n) is 8.67. The predicted octanol–water partition coefficient (Wildman–Crippen LogP) is 10.5. The van der Waals surface area contributed by atoms with Crippen molar-refractivity contribution >= 4 is 38.2 Å². The fourth-order valence-corrected chi connectivity index (χ4v) is 6.46.